The molecular weight excluding hydrogens is 326 g/mol. The maximum Gasteiger partial charge on any atom is 0.137 e. The van der Waals surface area contributed by atoms with Crippen molar-refractivity contribution in [3.8, 4) is 0 Å². The lowest BCUT2D eigenvalue weighted by Gasteiger charge is -2.18. The minimum atomic E-state index is -0.0833. The molecule has 0 unspecified atom stereocenters. The van der Waals surface area contributed by atoms with E-state index in [0.29, 0.717) is 5.92 Å². The highest BCUT2D eigenvalue weighted by atomic mass is 79.9. The zero-order chi connectivity index (χ0) is 15.6. The summed E-state index contributed by atoms with van der Waals surface area (Å²) < 4.78 is 0.796. The second-order valence-electron chi connectivity index (χ2n) is 6.55. The summed E-state index contributed by atoms with van der Waals surface area (Å²) in [4.78, 5) is 9.08. The number of hydrogen-bond donors (Lipinski definition) is 1. The molecule has 21 heavy (non-hydrogen) atoms. The van der Waals surface area contributed by atoms with Gasteiger partial charge in [0.05, 0.1) is 0 Å². The molecule has 0 saturated heterocycles. The molecule has 0 atom stereocenters. The number of anilines is 2. The summed E-state index contributed by atoms with van der Waals surface area (Å²) in [6, 6.07) is 10.3. The van der Waals surface area contributed by atoms with Gasteiger partial charge in [-0.05, 0) is 39.5 Å². The molecule has 0 spiro atoms. The molecule has 112 valence electrons. The van der Waals surface area contributed by atoms with Crippen LogP contribution in [0, 0.1) is 0 Å². The number of rotatable bonds is 3. The van der Waals surface area contributed by atoms with Crippen LogP contribution in [0.15, 0.2) is 34.9 Å². The topological polar surface area (TPSA) is 37.8 Å². The predicted molar refractivity (Wildman–Crippen MR) is 92.2 cm³/mol. The molecule has 0 aliphatic carbocycles. The average molecular weight is 348 g/mol. The van der Waals surface area contributed by atoms with Gasteiger partial charge in [0.25, 0.3) is 0 Å². The Morgan fingerprint density at radius 1 is 1.10 bits per heavy atom. The fourth-order valence-corrected chi connectivity index (χ4v) is 2.33. The molecule has 1 heterocycles. The maximum absolute atomic E-state index is 4.62. The fourth-order valence-electron chi connectivity index (χ4n) is 1.94. The van der Waals surface area contributed by atoms with E-state index in [1.54, 1.807) is 0 Å². The molecule has 2 aromatic rings. The quantitative estimate of drug-likeness (QED) is 0.755. The molecule has 2 rings (SSSR count). The van der Waals surface area contributed by atoms with E-state index >= 15 is 0 Å². The van der Waals surface area contributed by atoms with Gasteiger partial charge in [0.1, 0.15) is 16.2 Å². The van der Waals surface area contributed by atoms with Gasteiger partial charge in [0, 0.05) is 17.2 Å². The number of benzene rings is 1. The lowest BCUT2D eigenvalue weighted by molar-refractivity contribution is 0.544. The van der Waals surface area contributed by atoms with Crippen molar-refractivity contribution in [3.05, 3.63) is 46.3 Å². The van der Waals surface area contributed by atoms with Crippen molar-refractivity contribution >= 4 is 27.4 Å². The SMILES string of the molecule is CC(C)c1cccc(Nc2cc(Br)nc(C(C)(C)C)n2)c1. The Morgan fingerprint density at radius 2 is 1.81 bits per heavy atom. The van der Waals surface area contributed by atoms with E-state index < -0.39 is 0 Å². The number of halogens is 1. The van der Waals surface area contributed by atoms with Gasteiger partial charge in [0.15, 0.2) is 0 Å². The average Bonchev–Trinajstić information content (AvgIpc) is 2.37. The summed E-state index contributed by atoms with van der Waals surface area (Å²) >= 11 is 3.47. The van der Waals surface area contributed by atoms with E-state index in [1.807, 2.05) is 6.07 Å². The largest absolute Gasteiger partial charge is 0.340 e. The van der Waals surface area contributed by atoms with Crippen LogP contribution in [0.3, 0.4) is 0 Å². The molecule has 3 nitrogen and oxygen atoms in total. The smallest absolute Gasteiger partial charge is 0.137 e. The lowest BCUT2D eigenvalue weighted by atomic mass is 9.96. The Bertz CT molecular complexity index is 630. The Hall–Kier alpha value is -1.42. The van der Waals surface area contributed by atoms with Crippen molar-refractivity contribution in [2.45, 2.75) is 46.0 Å². The second-order valence-corrected chi connectivity index (χ2v) is 7.37. The minimum absolute atomic E-state index is 0.0833. The highest BCUT2D eigenvalue weighted by Gasteiger charge is 2.18. The van der Waals surface area contributed by atoms with Gasteiger partial charge in [-0.1, -0.05) is 46.8 Å². The highest BCUT2D eigenvalue weighted by molar-refractivity contribution is 9.10. The van der Waals surface area contributed by atoms with Gasteiger partial charge >= 0.3 is 0 Å². The van der Waals surface area contributed by atoms with Crippen LogP contribution in [0.4, 0.5) is 11.5 Å². The minimum Gasteiger partial charge on any atom is -0.340 e. The third-order valence-corrected chi connectivity index (χ3v) is 3.60. The van der Waals surface area contributed by atoms with Gasteiger partial charge in [-0.3, -0.25) is 0 Å². The fraction of sp³-hybridized carbons (Fsp3) is 0.412. The summed E-state index contributed by atoms with van der Waals surface area (Å²) in [5.41, 5.74) is 2.27. The molecule has 0 bridgehead atoms. The van der Waals surface area contributed by atoms with Gasteiger partial charge in [0.2, 0.25) is 0 Å². The van der Waals surface area contributed by atoms with Gasteiger partial charge in [-0.2, -0.15) is 0 Å². The monoisotopic (exact) mass is 347 g/mol. The first-order valence-corrected chi connectivity index (χ1v) is 7.97. The van der Waals surface area contributed by atoms with Crippen molar-refractivity contribution in [1.29, 1.82) is 0 Å². The molecule has 0 radical (unpaired) electrons. The number of hydrogen-bond acceptors (Lipinski definition) is 3. The number of nitrogens with zero attached hydrogens (tertiary/aromatic N) is 2. The molecule has 4 heteroatoms. The van der Waals surface area contributed by atoms with Crippen LogP contribution in [0.1, 0.15) is 51.9 Å². The van der Waals surface area contributed by atoms with Crippen molar-refractivity contribution < 1.29 is 0 Å². The first-order valence-electron chi connectivity index (χ1n) is 7.18. The summed E-state index contributed by atoms with van der Waals surface area (Å²) in [7, 11) is 0. The number of aromatic nitrogens is 2. The third kappa shape index (κ3) is 4.27. The second kappa shape index (κ2) is 6.14. The molecule has 1 N–H and O–H groups in total. The van der Waals surface area contributed by atoms with Crippen LogP contribution in [-0.4, -0.2) is 9.97 Å². The molecule has 1 aromatic carbocycles. The Kier molecular flexibility index (Phi) is 4.67. The van der Waals surface area contributed by atoms with E-state index in [4.69, 9.17) is 0 Å². The van der Waals surface area contributed by atoms with Crippen molar-refractivity contribution in [1.82, 2.24) is 9.97 Å². The van der Waals surface area contributed by atoms with Crippen molar-refractivity contribution in [2.75, 3.05) is 5.32 Å². The van der Waals surface area contributed by atoms with E-state index in [1.165, 1.54) is 5.56 Å². The highest BCUT2D eigenvalue weighted by Crippen LogP contribution is 2.25. The molecule has 1 aromatic heterocycles. The van der Waals surface area contributed by atoms with Crippen LogP contribution >= 0.6 is 15.9 Å². The van der Waals surface area contributed by atoms with Gasteiger partial charge in [-0.15, -0.1) is 0 Å². The summed E-state index contributed by atoms with van der Waals surface area (Å²) in [5.74, 6) is 2.14. The predicted octanol–water partition coefficient (Wildman–Crippen LogP) is 5.40. The van der Waals surface area contributed by atoms with Crippen LogP contribution in [-0.2, 0) is 5.41 Å². The van der Waals surface area contributed by atoms with Crippen LogP contribution in [0.5, 0.6) is 0 Å². The third-order valence-electron chi connectivity index (χ3n) is 3.19. The Labute approximate surface area is 135 Å². The van der Waals surface area contributed by atoms with Gasteiger partial charge in [-0.25, -0.2) is 9.97 Å². The number of nitrogens with one attached hydrogen (secondary N) is 1. The normalized spacial score (nSPS) is 11.8. The first-order chi connectivity index (χ1) is 9.75. The van der Waals surface area contributed by atoms with Crippen LogP contribution in [0.25, 0.3) is 0 Å². The zero-order valence-electron chi connectivity index (χ0n) is 13.2. The van der Waals surface area contributed by atoms with E-state index in [9.17, 15) is 0 Å². The molecule has 0 saturated carbocycles. The summed E-state index contributed by atoms with van der Waals surface area (Å²) in [5, 5.41) is 3.37. The summed E-state index contributed by atoms with van der Waals surface area (Å²) in [6.07, 6.45) is 0. The molecule has 0 aliphatic rings. The Morgan fingerprint density at radius 3 is 2.43 bits per heavy atom. The van der Waals surface area contributed by atoms with Gasteiger partial charge < -0.3 is 5.32 Å². The standard InChI is InChI=1S/C17H22BrN3/c1-11(2)12-7-6-8-13(9-12)19-15-10-14(18)20-16(21-15)17(3,4)5/h6-11H,1-5H3,(H,19,20,21). The van der Waals surface area contributed by atoms with E-state index in [2.05, 4.69) is 90.1 Å². The Balaban J connectivity index is 2.31. The molecule has 0 fully saturated rings. The zero-order valence-corrected chi connectivity index (χ0v) is 14.8. The molecular formula is C17H22BrN3. The molecule has 0 amide bonds. The lowest BCUT2D eigenvalue weighted by Crippen LogP contribution is -2.16. The van der Waals surface area contributed by atoms with E-state index in [0.717, 1.165) is 21.9 Å². The van der Waals surface area contributed by atoms with Crippen molar-refractivity contribution in [3.63, 3.8) is 0 Å². The first kappa shape index (κ1) is 16.0. The van der Waals surface area contributed by atoms with E-state index in [-0.39, 0.29) is 5.41 Å². The maximum atomic E-state index is 4.62. The van der Waals surface area contributed by atoms with Crippen molar-refractivity contribution in [2.24, 2.45) is 0 Å². The van der Waals surface area contributed by atoms with Crippen LogP contribution in [0.2, 0.25) is 0 Å². The summed E-state index contributed by atoms with van der Waals surface area (Å²) in [6.45, 7) is 10.7. The molecule has 0 aliphatic heterocycles. The van der Waals surface area contributed by atoms with Crippen LogP contribution < -0.4 is 5.32 Å².